The number of methoxy groups -OCH3 is 1. The minimum atomic E-state index is 0.541. The maximum atomic E-state index is 6.03. The quantitative estimate of drug-likeness (QED) is 0.639. The fraction of sp³-hybridized carbons (Fsp3) is 0.364. The zero-order valence-corrected chi connectivity index (χ0v) is 14.8. The zero-order chi connectivity index (χ0) is 17.1. The van der Waals surface area contributed by atoms with E-state index in [2.05, 4.69) is 35.4 Å². The van der Waals surface area contributed by atoms with E-state index >= 15 is 0 Å². The molecule has 130 valence electrons. The summed E-state index contributed by atoms with van der Waals surface area (Å²) in [5.74, 6) is 2.26. The van der Waals surface area contributed by atoms with Gasteiger partial charge in [0.15, 0.2) is 11.5 Å². The Balaban J connectivity index is 1.62. The molecule has 1 N–H and O–H groups in total. The van der Waals surface area contributed by atoms with E-state index in [-0.39, 0.29) is 0 Å². The maximum Gasteiger partial charge on any atom is 0.163 e. The van der Waals surface area contributed by atoms with Gasteiger partial charge in [0, 0.05) is 23.2 Å². The summed E-state index contributed by atoms with van der Waals surface area (Å²) < 4.78 is 11.6. The fourth-order valence-corrected chi connectivity index (χ4v) is 3.91. The van der Waals surface area contributed by atoms with Crippen LogP contribution >= 0.6 is 0 Å². The van der Waals surface area contributed by atoms with Crippen molar-refractivity contribution in [2.75, 3.05) is 7.11 Å². The molecule has 2 aromatic carbocycles. The lowest BCUT2D eigenvalue weighted by molar-refractivity contribution is 0.285. The molecule has 1 aromatic heterocycles. The Kier molecular flexibility index (Phi) is 4.64. The predicted molar refractivity (Wildman–Crippen MR) is 101 cm³/mol. The van der Waals surface area contributed by atoms with Crippen LogP contribution in [0.25, 0.3) is 10.9 Å². The second-order valence-corrected chi connectivity index (χ2v) is 6.90. The van der Waals surface area contributed by atoms with Gasteiger partial charge >= 0.3 is 0 Å². The second kappa shape index (κ2) is 7.22. The van der Waals surface area contributed by atoms with Crippen LogP contribution in [0.1, 0.15) is 49.1 Å². The molecule has 0 bridgehead atoms. The van der Waals surface area contributed by atoms with Crippen molar-refractivity contribution in [3.05, 3.63) is 59.8 Å². The largest absolute Gasteiger partial charge is 0.493 e. The number of aromatic nitrogens is 1. The number of rotatable bonds is 5. The minimum Gasteiger partial charge on any atom is -0.493 e. The number of hydrogen-bond donors (Lipinski definition) is 1. The molecule has 1 aliphatic carbocycles. The standard InChI is InChI=1S/C22H25NO2/c1-24-21-12-18-19(17-10-6-3-7-11-17)14-23-20(18)13-22(21)25-15-16-8-4-2-5-9-16/h2,4-5,8-9,12-14,17,23H,3,6-7,10-11,15H2,1H3. The number of fused-ring (bicyclic) bond motifs is 1. The van der Waals surface area contributed by atoms with Gasteiger partial charge in [-0.1, -0.05) is 49.6 Å². The van der Waals surface area contributed by atoms with E-state index in [4.69, 9.17) is 9.47 Å². The maximum absolute atomic E-state index is 6.03. The lowest BCUT2D eigenvalue weighted by atomic mass is 9.84. The van der Waals surface area contributed by atoms with Gasteiger partial charge < -0.3 is 14.5 Å². The van der Waals surface area contributed by atoms with Gasteiger partial charge in [-0.15, -0.1) is 0 Å². The number of nitrogens with one attached hydrogen (secondary N) is 1. The number of aromatic amines is 1. The first kappa shape index (κ1) is 16.1. The smallest absolute Gasteiger partial charge is 0.163 e. The van der Waals surface area contributed by atoms with Gasteiger partial charge in [0.1, 0.15) is 6.61 Å². The molecule has 0 saturated heterocycles. The van der Waals surface area contributed by atoms with Crippen LogP contribution in [0.15, 0.2) is 48.7 Å². The van der Waals surface area contributed by atoms with E-state index in [0.29, 0.717) is 12.5 Å². The summed E-state index contributed by atoms with van der Waals surface area (Å²) >= 11 is 0. The van der Waals surface area contributed by atoms with Crippen molar-refractivity contribution in [1.29, 1.82) is 0 Å². The van der Waals surface area contributed by atoms with Gasteiger partial charge in [-0.25, -0.2) is 0 Å². The van der Waals surface area contributed by atoms with Gasteiger partial charge in [-0.2, -0.15) is 0 Å². The van der Waals surface area contributed by atoms with E-state index in [1.54, 1.807) is 7.11 Å². The molecule has 0 amide bonds. The Bertz CT molecular complexity index is 832. The molecule has 3 heteroatoms. The molecule has 0 atom stereocenters. The Morgan fingerprint density at radius 2 is 1.80 bits per heavy atom. The van der Waals surface area contributed by atoms with E-state index in [1.807, 2.05) is 18.2 Å². The van der Waals surface area contributed by atoms with Crippen molar-refractivity contribution in [3.63, 3.8) is 0 Å². The average Bonchev–Trinajstić information content (AvgIpc) is 3.09. The lowest BCUT2D eigenvalue weighted by Crippen LogP contribution is -2.03. The molecule has 1 fully saturated rings. The molecule has 1 aliphatic rings. The van der Waals surface area contributed by atoms with E-state index in [0.717, 1.165) is 22.6 Å². The van der Waals surface area contributed by atoms with Gasteiger partial charge in [0.2, 0.25) is 0 Å². The Morgan fingerprint density at radius 1 is 1.00 bits per heavy atom. The highest BCUT2D eigenvalue weighted by atomic mass is 16.5. The number of ether oxygens (including phenoxy) is 2. The van der Waals surface area contributed by atoms with E-state index in [9.17, 15) is 0 Å². The highest BCUT2D eigenvalue weighted by Crippen LogP contribution is 2.40. The number of hydrogen-bond acceptors (Lipinski definition) is 2. The van der Waals surface area contributed by atoms with Crippen molar-refractivity contribution in [1.82, 2.24) is 4.98 Å². The number of H-pyrrole nitrogens is 1. The Morgan fingerprint density at radius 3 is 2.56 bits per heavy atom. The summed E-state index contributed by atoms with van der Waals surface area (Å²) in [5, 5.41) is 1.27. The van der Waals surface area contributed by atoms with Crippen LogP contribution in [0.4, 0.5) is 0 Å². The first-order valence-electron chi connectivity index (χ1n) is 9.21. The first-order chi connectivity index (χ1) is 12.3. The molecule has 1 heterocycles. The summed E-state index contributed by atoms with van der Waals surface area (Å²) in [6.45, 7) is 0.541. The van der Waals surface area contributed by atoms with Crippen molar-refractivity contribution in [3.8, 4) is 11.5 Å². The van der Waals surface area contributed by atoms with E-state index in [1.165, 1.54) is 43.1 Å². The SMILES string of the molecule is COc1cc2c(C3CCCCC3)c[nH]c2cc1OCc1ccccc1. The molecule has 0 aliphatic heterocycles. The molecule has 0 radical (unpaired) electrons. The van der Waals surface area contributed by atoms with Crippen molar-refractivity contribution >= 4 is 10.9 Å². The van der Waals surface area contributed by atoms with Gasteiger partial charge in [0.25, 0.3) is 0 Å². The second-order valence-electron chi connectivity index (χ2n) is 6.90. The molecule has 1 saturated carbocycles. The summed E-state index contributed by atoms with van der Waals surface area (Å²) in [4.78, 5) is 3.44. The Hall–Kier alpha value is -2.42. The molecule has 3 nitrogen and oxygen atoms in total. The molecule has 0 spiro atoms. The summed E-state index contributed by atoms with van der Waals surface area (Å²) in [6, 6.07) is 14.4. The van der Waals surface area contributed by atoms with E-state index < -0.39 is 0 Å². The highest BCUT2D eigenvalue weighted by molar-refractivity contribution is 5.87. The van der Waals surface area contributed by atoms with Crippen LogP contribution in [0.2, 0.25) is 0 Å². The average molecular weight is 335 g/mol. The first-order valence-corrected chi connectivity index (χ1v) is 9.21. The summed E-state index contributed by atoms with van der Waals surface area (Å²) in [6.07, 6.45) is 8.82. The van der Waals surface area contributed by atoms with Crippen molar-refractivity contribution in [2.45, 2.75) is 44.6 Å². The third kappa shape index (κ3) is 3.37. The zero-order valence-electron chi connectivity index (χ0n) is 14.8. The summed E-state index contributed by atoms with van der Waals surface area (Å²) in [5.41, 5.74) is 3.71. The Labute approximate surface area is 149 Å². The molecule has 0 unspecified atom stereocenters. The molecule has 25 heavy (non-hydrogen) atoms. The van der Waals surface area contributed by atoms with Crippen LogP contribution in [0.5, 0.6) is 11.5 Å². The third-order valence-electron chi connectivity index (χ3n) is 5.28. The normalized spacial score (nSPS) is 15.4. The van der Waals surface area contributed by atoms with Crippen LogP contribution in [0, 0.1) is 0 Å². The van der Waals surface area contributed by atoms with Crippen LogP contribution in [-0.4, -0.2) is 12.1 Å². The molecule has 4 rings (SSSR count). The molecule has 3 aromatic rings. The lowest BCUT2D eigenvalue weighted by Gasteiger charge is -2.21. The van der Waals surface area contributed by atoms with Crippen molar-refractivity contribution in [2.24, 2.45) is 0 Å². The molecular weight excluding hydrogens is 310 g/mol. The summed E-state index contributed by atoms with van der Waals surface area (Å²) in [7, 11) is 1.71. The predicted octanol–water partition coefficient (Wildman–Crippen LogP) is 5.80. The monoisotopic (exact) mass is 335 g/mol. The number of benzene rings is 2. The van der Waals surface area contributed by atoms with Crippen LogP contribution in [-0.2, 0) is 6.61 Å². The third-order valence-corrected chi connectivity index (χ3v) is 5.28. The van der Waals surface area contributed by atoms with Gasteiger partial charge in [-0.3, -0.25) is 0 Å². The topological polar surface area (TPSA) is 34.2 Å². The highest BCUT2D eigenvalue weighted by Gasteiger charge is 2.20. The van der Waals surface area contributed by atoms with Crippen LogP contribution < -0.4 is 9.47 Å². The molecular formula is C22H25NO2. The minimum absolute atomic E-state index is 0.541. The van der Waals surface area contributed by atoms with Crippen LogP contribution in [0.3, 0.4) is 0 Å². The van der Waals surface area contributed by atoms with Crippen molar-refractivity contribution < 1.29 is 9.47 Å². The van der Waals surface area contributed by atoms with Gasteiger partial charge in [0.05, 0.1) is 7.11 Å². The fourth-order valence-electron chi connectivity index (χ4n) is 3.91. The van der Waals surface area contributed by atoms with Gasteiger partial charge in [-0.05, 0) is 36.0 Å².